The second-order valence-electron chi connectivity index (χ2n) is 6.54. The van der Waals surface area contributed by atoms with E-state index in [1.165, 1.54) is 12.1 Å². The van der Waals surface area contributed by atoms with Crippen LogP contribution in [0.5, 0.6) is 5.75 Å². The molecule has 8 heteroatoms. The van der Waals surface area contributed by atoms with Crippen LogP contribution in [0.25, 0.3) is 27.6 Å². The van der Waals surface area contributed by atoms with Gasteiger partial charge in [-0.3, -0.25) is 9.20 Å². The van der Waals surface area contributed by atoms with Crippen molar-refractivity contribution in [2.75, 3.05) is 0 Å². The summed E-state index contributed by atoms with van der Waals surface area (Å²) in [5, 5.41) is 27.8. The van der Waals surface area contributed by atoms with Gasteiger partial charge in [-0.05, 0) is 48.5 Å². The molecular weight excluding hydrogens is 368 g/mol. The number of amides is 1. The Morgan fingerprint density at radius 1 is 0.897 bits per heavy atom. The van der Waals surface area contributed by atoms with E-state index in [0.717, 1.165) is 27.6 Å². The van der Waals surface area contributed by atoms with Crippen LogP contribution in [0.15, 0.2) is 77.0 Å². The highest BCUT2D eigenvalue weighted by atomic mass is 16.3. The van der Waals surface area contributed by atoms with Gasteiger partial charge in [-0.25, -0.2) is 0 Å². The number of azo groups is 1. The Morgan fingerprint density at radius 2 is 1.66 bits per heavy atom. The third-order valence-corrected chi connectivity index (χ3v) is 4.68. The molecule has 0 bridgehead atoms. The number of carbonyl (C=O) groups excluding carboxylic acids is 1. The van der Waals surface area contributed by atoms with Gasteiger partial charge in [0.05, 0.1) is 28.0 Å². The van der Waals surface area contributed by atoms with Gasteiger partial charge in [-0.2, -0.15) is 10.2 Å². The molecule has 5 rings (SSSR count). The summed E-state index contributed by atoms with van der Waals surface area (Å²) in [6, 6.07) is 19.8. The molecule has 0 fully saturated rings. The molecule has 140 valence electrons. The zero-order valence-electron chi connectivity index (χ0n) is 15.0. The van der Waals surface area contributed by atoms with E-state index >= 15 is 0 Å². The second kappa shape index (κ2) is 6.38. The van der Waals surface area contributed by atoms with Crippen molar-refractivity contribution < 1.29 is 9.90 Å². The minimum atomic E-state index is -0.731. The largest absolute Gasteiger partial charge is 0.507 e. The fourth-order valence-corrected chi connectivity index (χ4v) is 3.31. The van der Waals surface area contributed by atoms with Crippen LogP contribution in [-0.4, -0.2) is 25.6 Å². The van der Waals surface area contributed by atoms with Gasteiger partial charge in [0, 0.05) is 5.39 Å². The maximum Gasteiger partial charge on any atom is 0.252 e. The smallest absolute Gasteiger partial charge is 0.252 e. The SMILES string of the molecule is NC(=O)c1cc(N=Nc2ccc3nnc4cc5ccccc5n4c3c2)ccc1O. The monoisotopic (exact) mass is 382 g/mol. The highest BCUT2D eigenvalue weighted by Crippen LogP contribution is 2.28. The number of para-hydroxylation sites is 1. The maximum absolute atomic E-state index is 11.4. The van der Waals surface area contributed by atoms with Crippen LogP contribution < -0.4 is 5.73 Å². The zero-order valence-corrected chi connectivity index (χ0v) is 15.0. The van der Waals surface area contributed by atoms with E-state index in [1.54, 1.807) is 12.1 Å². The molecule has 29 heavy (non-hydrogen) atoms. The molecule has 0 saturated carbocycles. The van der Waals surface area contributed by atoms with E-state index in [2.05, 4.69) is 20.4 Å². The molecular formula is C21H14N6O2. The second-order valence-corrected chi connectivity index (χ2v) is 6.54. The van der Waals surface area contributed by atoms with Crippen LogP contribution in [0.3, 0.4) is 0 Å². The molecule has 3 N–H and O–H groups in total. The number of phenols is 1. The van der Waals surface area contributed by atoms with Crippen molar-refractivity contribution in [3.8, 4) is 5.75 Å². The fourth-order valence-electron chi connectivity index (χ4n) is 3.31. The van der Waals surface area contributed by atoms with E-state index in [9.17, 15) is 9.90 Å². The first-order chi connectivity index (χ1) is 14.1. The molecule has 0 radical (unpaired) electrons. The highest BCUT2D eigenvalue weighted by molar-refractivity contribution is 5.96. The van der Waals surface area contributed by atoms with Crippen molar-refractivity contribution in [1.82, 2.24) is 14.6 Å². The molecule has 5 aromatic rings. The molecule has 0 unspecified atom stereocenters. The lowest BCUT2D eigenvalue weighted by Crippen LogP contribution is -2.10. The van der Waals surface area contributed by atoms with Gasteiger partial charge in [-0.15, -0.1) is 10.2 Å². The molecule has 1 amide bonds. The Bertz CT molecular complexity index is 1450. The third-order valence-electron chi connectivity index (χ3n) is 4.68. The van der Waals surface area contributed by atoms with Crippen molar-refractivity contribution in [2.24, 2.45) is 16.0 Å². The van der Waals surface area contributed by atoms with Gasteiger partial charge in [-0.1, -0.05) is 18.2 Å². The van der Waals surface area contributed by atoms with Crippen LogP contribution in [-0.2, 0) is 0 Å². The number of carbonyl (C=O) groups is 1. The number of aromatic hydroxyl groups is 1. The van der Waals surface area contributed by atoms with Crippen molar-refractivity contribution in [3.63, 3.8) is 0 Å². The van der Waals surface area contributed by atoms with Gasteiger partial charge in [0.1, 0.15) is 11.3 Å². The predicted molar refractivity (Wildman–Crippen MR) is 109 cm³/mol. The lowest BCUT2D eigenvalue weighted by Gasteiger charge is -2.04. The first-order valence-corrected chi connectivity index (χ1v) is 8.81. The van der Waals surface area contributed by atoms with Gasteiger partial charge in [0.15, 0.2) is 5.65 Å². The summed E-state index contributed by atoms with van der Waals surface area (Å²) in [7, 11) is 0. The lowest BCUT2D eigenvalue weighted by molar-refractivity contribution is 0.0998. The molecule has 0 aliphatic rings. The van der Waals surface area contributed by atoms with Gasteiger partial charge >= 0.3 is 0 Å². The number of fused-ring (bicyclic) bond motifs is 5. The summed E-state index contributed by atoms with van der Waals surface area (Å²) in [4.78, 5) is 11.4. The average molecular weight is 382 g/mol. The van der Waals surface area contributed by atoms with Crippen LogP contribution in [0, 0.1) is 0 Å². The Hall–Kier alpha value is -4.33. The van der Waals surface area contributed by atoms with Crippen LogP contribution in [0.2, 0.25) is 0 Å². The van der Waals surface area contributed by atoms with E-state index < -0.39 is 5.91 Å². The minimum absolute atomic E-state index is 0.00393. The minimum Gasteiger partial charge on any atom is -0.507 e. The van der Waals surface area contributed by atoms with E-state index in [-0.39, 0.29) is 11.3 Å². The number of nitrogens with zero attached hydrogens (tertiary/aromatic N) is 5. The summed E-state index contributed by atoms with van der Waals surface area (Å²) in [6.45, 7) is 0. The number of benzene rings is 3. The molecule has 0 atom stereocenters. The van der Waals surface area contributed by atoms with Crippen LogP contribution >= 0.6 is 0 Å². The molecule has 0 saturated heterocycles. The Balaban J connectivity index is 1.63. The number of hydrogen-bond donors (Lipinski definition) is 2. The summed E-state index contributed by atoms with van der Waals surface area (Å²) in [5.41, 5.74) is 9.63. The number of rotatable bonds is 3. The van der Waals surface area contributed by atoms with Crippen molar-refractivity contribution in [3.05, 3.63) is 72.3 Å². The number of nitrogens with two attached hydrogens (primary N) is 1. The predicted octanol–water partition coefficient (Wildman–Crippen LogP) is 4.26. The molecule has 3 aromatic carbocycles. The Morgan fingerprint density at radius 3 is 2.48 bits per heavy atom. The standard InChI is InChI=1S/C21H14N6O2/c22-21(29)15-10-13(6-8-19(15)28)23-24-14-5-7-16-18(11-14)27-17-4-2-1-3-12(17)9-20(27)26-25-16/h1-11,28H,(H2,22,29). The molecule has 0 spiro atoms. The van der Waals surface area contributed by atoms with Crippen molar-refractivity contribution >= 4 is 44.9 Å². The lowest BCUT2D eigenvalue weighted by atomic mass is 10.2. The van der Waals surface area contributed by atoms with Crippen molar-refractivity contribution in [1.29, 1.82) is 0 Å². The zero-order chi connectivity index (χ0) is 20.0. The number of aromatic nitrogens is 3. The first-order valence-electron chi connectivity index (χ1n) is 8.81. The molecule has 8 nitrogen and oxygen atoms in total. The van der Waals surface area contributed by atoms with E-state index in [1.807, 2.05) is 46.9 Å². The summed E-state index contributed by atoms with van der Waals surface area (Å²) in [5.74, 6) is -0.923. The van der Waals surface area contributed by atoms with Crippen molar-refractivity contribution in [2.45, 2.75) is 0 Å². The van der Waals surface area contributed by atoms with E-state index in [4.69, 9.17) is 5.73 Å². The average Bonchev–Trinajstić information content (AvgIpc) is 3.12. The van der Waals surface area contributed by atoms with Gasteiger partial charge in [0.25, 0.3) is 5.91 Å². The number of primary amides is 1. The summed E-state index contributed by atoms with van der Waals surface area (Å²) < 4.78 is 2.03. The summed E-state index contributed by atoms with van der Waals surface area (Å²) >= 11 is 0. The molecule has 0 aliphatic carbocycles. The Labute approximate surface area is 163 Å². The van der Waals surface area contributed by atoms with Gasteiger partial charge in [0.2, 0.25) is 0 Å². The fraction of sp³-hybridized carbons (Fsp3) is 0. The molecule has 0 aliphatic heterocycles. The normalized spacial score (nSPS) is 11.7. The molecule has 2 aromatic heterocycles. The van der Waals surface area contributed by atoms with Crippen LogP contribution in [0.4, 0.5) is 11.4 Å². The topological polar surface area (TPSA) is 118 Å². The number of hydrogen-bond acceptors (Lipinski definition) is 6. The summed E-state index contributed by atoms with van der Waals surface area (Å²) in [6.07, 6.45) is 0. The quantitative estimate of drug-likeness (QED) is 0.453. The Kier molecular flexibility index (Phi) is 3.70. The van der Waals surface area contributed by atoms with Gasteiger partial charge < -0.3 is 10.8 Å². The first kappa shape index (κ1) is 16.8. The molecule has 2 heterocycles. The van der Waals surface area contributed by atoms with E-state index in [0.29, 0.717) is 11.4 Å². The maximum atomic E-state index is 11.4. The third kappa shape index (κ3) is 2.83. The van der Waals surface area contributed by atoms with Crippen LogP contribution in [0.1, 0.15) is 10.4 Å². The highest BCUT2D eigenvalue weighted by Gasteiger charge is 2.10.